The fourth-order valence-electron chi connectivity index (χ4n) is 2.00. The lowest BCUT2D eigenvalue weighted by Crippen LogP contribution is -2.14. The zero-order chi connectivity index (χ0) is 13.2. The molecule has 0 spiro atoms. The number of alkyl halides is 1. The summed E-state index contributed by atoms with van der Waals surface area (Å²) in [6.45, 7) is -0.574. The first-order chi connectivity index (χ1) is 9.29. The number of rotatable bonds is 3. The summed E-state index contributed by atoms with van der Waals surface area (Å²) < 4.78 is 14.9. The number of halogens is 2. The van der Waals surface area contributed by atoms with Crippen molar-refractivity contribution >= 4 is 22.8 Å². The summed E-state index contributed by atoms with van der Waals surface area (Å²) in [4.78, 5) is 8.28. The van der Waals surface area contributed by atoms with Crippen molar-refractivity contribution in [3.05, 3.63) is 53.4 Å². The zero-order valence-corrected chi connectivity index (χ0v) is 10.6. The van der Waals surface area contributed by atoms with E-state index in [4.69, 9.17) is 11.6 Å². The van der Waals surface area contributed by atoms with Crippen molar-refractivity contribution in [1.29, 1.82) is 0 Å². The summed E-state index contributed by atoms with van der Waals surface area (Å²) in [5.41, 5.74) is 1.91. The average molecular weight is 277 g/mol. The highest BCUT2D eigenvalue weighted by molar-refractivity contribution is 6.29. The number of hydrogen-bond donors (Lipinski definition) is 0. The Kier molecular flexibility index (Phi) is 3.13. The van der Waals surface area contributed by atoms with Gasteiger partial charge in [0.2, 0.25) is 0 Å². The lowest BCUT2D eigenvalue weighted by Gasteiger charge is -2.14. The largest absolute Gasteiger partial charge is 0.248 e. The van der Waals surface area contributed by atoms with Gasteiger partial charge in [0, 0.05) is 0 Å². The molecule has 0 bridgehead atoms. The van der Waals surface area contributed by atoms with Crippen molar-refractivity contribution in [2.45, 2.75) is 6.04 Å². The van der Waals surface area contributed by atoms with Crippen molar-refractivity contribution in [2.24, 2.45) is 0 Å². The molecule has 19 heavy (non-hydrogen) atoms. The molecule has 0 saturated carbocycles. The van der Waals surface area contributed by atoms with E-state index in [2.05, 4.69) is 15.1 Å². The summed E-state index contributed by atoms with van der Waals surface area (Å²) in [5.74, 6) is 0. The molecule has 0 unspecified atom stereocenters. The van der Waals surface area contributed by atoms with Gasteiger partial charge in [-0.25, -0.2) is 19.0 Å². The second-order valence-electron chi connectivity index (χ2n) is 4.07. The third-order valence-electron chi connectivity index (χ3n) is 2.90. The molecule has 2 aromatic heterocycles. The molecule has 0 radical (unpaired) electrons. The third kappa shape index (κ3) is 2.17. The second kappa shape index (κ2) is 4.93. The highest BCUT2D eigenvalue weighted by Crippen LogP contribution is 2.22. The molecule has 0 saturated heterocycles. The van der Waals surface area contributed by atoms with Crippen LogP contribution in [0, 0.1) is 0 Å². The van der Waals surface area contributed by atoms with Gasteiger partial charge in [-0.2, -0.15) is 5.10 Å². The van der Waals surface area contributed by atoms with E-state index in [1.165, 1.54) is 10.9 Å². The molecule has 0 aliphatic rings. The van der Waals surface area contributed by atoms with Crippen LogP contribution in [0.1, 0.15) is 11.6 Å². The van der Waals surface area contributed by atoms with E-state index in [0.29, 0.717) is 11.2 Å². The molecule has 1 atom stereocenters. The van der Waals surface area contributed by atoms with Gasteiger partial charge in [0.25, 0.3) is 0 Å². The molecule has 0 aliphatic carbocycles. The van der Waals surface area contributed by atoms with Gasteiger partial charge in [0.1, 0.15) is 23.4 Å². The Bertz CT molecular complexity index is 698. The van der Waals surface area contributed by atoms with Crippen LogP contribution in [0.25, 0.3) is 11.2 Å². The van der Waals surface area contributed by atoms with Crippen LogP contribution in [-0.2, 0) is 0 Å². The number of benzene rings is 1. The lowest BCUT2D eigenvalue weighted by atomic mass is 10.1. The van der Waals surface area contributed by atoms with Crippen LogP contribution in [-0.4, -0.2) is 26.4 Å². The molecule has 0 N–H and O–H groups in total. The Hall–Kier alpha value is -2.01. The molecule has 96 valence electrons. The lowest BCUT2D eigenvalue weighted by molar-refractivity contribution is 0.381. The van der Waals surface area contributed by atoms with Gasteiger partial charge in [0.15, 0.2) is 5.65 Å². The number of fused-ring (bicyclic) bond motifs is 1. The summed E-state index contributed by atoms with van der Waals surface area (Å²) in [6, 6.07) is 8.80. The topological polar surface area (TPSA) is 43.6 Å². The van der Waals surface area contributed by atoms with Gasteiger partial charge >= 0.3 is 0 Å². The highest BCUT2D eigenvalue weighted by Gasteiger charge is 2.18. The number of hydrogen-bond acceptors (Lipinski definition) is 3. The Labute approximate surface area is 113 Å². The van der Waals surface area contributed by atoms with Gasteiger partial charge in [-0.15, -0.1) is 0 Å². The Morgan fingerprint density at radius 1 is 1.21 bits per heavy atom. The molecular weight excluding hydrogens is 267 g/mol. The highest BCUT2D eigenvalue weighted by atomic mass is 35.5. The first kappa shape index (κ1) is 12.0. The summed E-state index contributed by atoms with van der Waals surface area (Å²) in [5, 5.41) is 4.44. The van der Waals surface area contributed by atoms with E-state index in [0.717, 1.165) is 5.56 Å². The van der Waals surface area contributed by atoms with Crippen LogP contribution in [0.5, 0.6) is 0 Å². The van der Waals surface area contributed by atoms with Gasteiger partial charge in [0.05, 0.1) is 12.4 Å². The van der Waals surface area contributed by atoms with Crippen molar-refractivity contribution < 1.29 is 4.39 Å². The average Bonchev–Trinajstić information content (AvgIpc) is 2.84. The predicted octanol–water partition coefficient (Wildman–Crippen LogP) is 3.04. The second-order valence-corrected chi connectivity index (χ2v) is 4.46. The summed E-state index contributed by atoms with van der Waals surface area (Å²) >= 11 is 5.83. The van der Waals surface area contributed by atoms with E-state index < -0.39 is 12.7 Å². The van der Waals surface area contributed by atoms with Gasteiger partial charge in [-0.1, -0.05) is 41.9 Å². The van der Waals surface area contributed by atoms with Gasteiger partial charge in [-0.05, 0) is 5.56 Å². The molecule has 0 aliphatic heterocycles. The quantitative estimate of drug-likeness (QED) is 0.738. The molecule has 2 heterocycles. The maximum atomic E-state index is 13.4. The van der Waals surface area contributed by atoms with Crippen LogP contribution < -0.4 is 0 Å². The monoisotopic (exact) mass is 276 g/mol. The minimum Gasteiger partial charge on any atom is -0.248 e. The first-order valence-corrected chi connectivity index (χ1v) is 6.14. The van der Waals surface area contributed by atoms with Crippen LogP contribution in [0.15, 0.2) is 42.7 Å². The standard InChI is InChI=1S/C13H10ClFN4/c14-12-8-16-10-7-17-19(13(10)18-12)11(6-15)9-4-2-1-3-5-9/h1-5,7-8,11H,6H2/t11-/m0/s1. The molecule has 3 aromatic rings. The van der Waals surface area contributed by atoms with Crippen LogP contribution in [0.2, 0.25) is 5.15 Å². The molecule has 6 heteroatoms. The van der Waals surface area contributed by atoms with Gasteiger partial charge < -0.3 is 0 Å². The molecule has 0 fully saturated rings. The first-order valence-electron chi connectivity index (χ1n) is 5.76. The van der Waals surface area contributed by atoms with E-state index in [1.807, 2.05) is 30.3 Å². The summed E-state index contributed by atoms with van der Waals surface area (Å²) in [7, 11) is 0. The Balaban J connectivity index is 2.14. The van der Waals surface area contributed by atoms with Crippen LogP contribution in [0.3, 0.4) is 0 Å². The number of nitrogens with zero attached hydrogens (tertiary/aromatic N) is 4. The summed E-state index contributed by atoms with van der Waals surface area (Å²) in [6.07, 6.45) is 3.01. The number of aromatic nitrogens is 4. The molecule has 0 amide bonds. The molecule has 3 rings (SSSR count). The molecule has 1 aromatic carbocycles. The fourth-order valence-corrected chi connectivity index (χ4v) is 2.13. The molecule has 4 nitrogen and oxygen atoms in total. The van der Waals surface area contributed by atoms with Crippen molar-refractivity contribution in [3.63, 3.8) is 0 Å². The third-order valence-corrected chi connectivity index (χ3v) is 3.08. The van der Waals surface area contributed by atoms with Crippen molar-refractivity contribution in [2.75, 3.05) is 6.67 Å². The van der Waals surface area contributed by atoms with Gasteiger partial charge in [-0.3, -0.25) is 0 Å². The van der Waals surface area contributed by atoms with E-state index in [-0.39, 0.29) is 5.15 Å². The Morgan fingerprint density at radius 3 is 2.74 bits per heavy atom. The maximum absolute atomic E-state index is 13.4. The fraction of sp³-hybridized carbons (Fsp3) is 0.154. The minimum atomic E-state index is -0.574. The van der Waals surface area contributed by atoms with Crippen LogP contribution in [0.4, 0.5) is 4.39 Å². The van der Waals surface area contributed by atoms with E-state index in [1.54, 1.807) is 6.20 Å². The van der Waals surface area contributed by atoms with Crippen LogP contribution >= 0.6 is 11.6 Å². The van der Waals surface area contributed by atoms with Crippen molar-refractivity contribution in [3.8, 4) is 0 Å². The smallest absolute Gasteiger partial charge is 0.178 e. The Morgan fingerprint density at radius 2 is 2.00 bits per heavy atom. The minimum absolute atomic E-state index is 0.264. The van der Waals surface area contributed by atoms with E-state index >= 15 is 0 Å². The SMILES string of the molecule is FC[C@@H](c1ccccc1)n1ncc2ncc(Cl)nc21. The van der Waals surface area contributed by atoms with Crippen molar-refractivity contribution in [1.82, 2.24) is 19.7 Å². The predicted molar refractivity (Wildman–Crippen MR) is 70.9 cm³/mol. The van der Waals surface area contributed by atoms with E-state index in [9.17, 15) is 4.39 Å². The maximum Gasteiger partial charge on any atom is 0.178 e. The molecular formula is C13H10ClFN4. The zero-order valence-electron chi connectivity index (χ0n) is 9.87. The normalized spacial score (nSPS) is 12.7.